The highest BCUT2D eigenvalue weighted by Gasteiger charge is 2.16. The molecule has 2 N–H and O–H groups in total. The minimum absolute atomic E-state index is 0.151. The Labute approximate surface area is 187 Å². The molecule has 10 heteroatoms. The summed E-state index contributed by atoms with van der Waals surface area (Å²) < 4.78 is 17.2. The van der Waals surface area contributed by atoms with Gasteiger partial charge in [0.25, 0.3) is 0 Å². The van der Waals surface area contributed by atoms with E-state index in [1.165, 1.54) is 12.1 Å². The van der Waals surface area contributed by atoms with E-state index in [1.807, 2.05) is 19.1 Å². The lowest BCUT2D eigenvalue weighted by Crippen LogP contribution is -2.11. The van der Waals surface area contributed by atoms with Crippen LogP contribution in [0.4, 0.5) is 5.82 Å². The molecule has 0 atom stereocenters. The summed E-state index contributed by atoms with van der Waals surface area (Å²) in [4.78, 5) is 25.0. The van der Waals surface area contributed by atoms with Gasteiger partial charge in [-0.25, -0.2) is 24.5 Å². The molecule has 0 fully saturated rings. The van der Waals surface area contributed by atoms with Crippen LogP contribution >= 0.6 is 23.7 Å². The average Bonchev–Trinajstić information content (AvgIpc) is 2.77. The summed E-state index contributed by atoms with van der Waals surface area (Å²) in [7, 11) is 1.81. The molecule has 3 aromatic heterocycles. The number of hydrogen-bond acceptors (Lipinski definition) is 9. The zero-order chi connectivity index (χ0) is 21.8. The van der Waals surface area contributed by atoms with E-state index in [4.69, 9.17) is 20.8 Å². The second-order valence-electron chi connectivity index (χ2n) is 6.54. The van der Waals surface area contributed by atoms with Gasteiger partial charge in [-0.15, -0.1) is 0 Å². The largest absolute Gasteiger partial charge is 0.423 e. The normalized spacial score (nSPS) is 10.9. The first-order chi connectivity index (χ1) is 15.0. The summed E-state index contributed by atoms with van der Waals surface area (Å²) in [6, 6.07) is 8.88. The van der Waals surface area contributed by atoms with E-state index in [0.717, 1.165) is 16.5 Å². The van der Waals surface area contributed by atoms with Crippen LogP contribution in [0.5, 0.6) is 11.8 Å². The smallest absolute Gasteiger partial charge is 0.340 e. The van der Waals surface area contributed by atoms with E-state index in [2.05, 4.69) is 24.4 Å². The highest BCUT2D eigenvalue weighted by Crippen LogP contribution is 2.34. The summed E-state index contributed by atoms with van der Waals surface area (Å²) in [5.74, 6) is 0.996. The molecular weight excluding hydrogens is 438 g/mol. The first kappa shape index (κ1) is 21.1. The molecule has 0 radical (unpaired) electrons. The van der Waals surface area contributed by atoms with Gasteiger partial charge in [-0.2, -0.15) is 0 Å². The molecule has 0 saturated carbocycles. The molecular formula is C21H18ClN5O3S. The summed E-state index contributed by atoms with van der Waals surface area (Å²) >= 11 is 7.73. The first-order valence-electron chi connectivity index (χ1n) is 9.29. The lowest BCUT2D eigenvalue weighted by Gasteiger charge is -2.11. The monoisotopic (exact) mass is 455 g/mol. The van der Waals surface area contributed by atoms with E-state index in [-0.39, 0.29) is 6.01 Å². The fourth-order valence-electron chi connectivity index (χ4n) is 3.06. The van der Waals surface area contributed by atoms with E-state index in [9.17, 15) is 4.79 Å². The van der Waals surface area contributed by atoms with Crippen LogP contribution in [0, 0.1) is 6.92 Å². The van der Waals surface area contributed by atoms with Crippen molar-refractivity contribution in [2.45, 2.75) is 13.3 Å². The Morgan fingerprint density at radius 3 is 2.74 bits per heavy atom. The predicted octanol–water partition coefficient (Wildman–Crippen LogP) is 4.52. The highest BCUT2D eigenvalue weighted by atomic mass is 35.5. The van der Waals surface area contributed by atoms with Crippen LogP contribution in [0.25, 0.3) is 11.0 Å². The number of nitrogens with one attached hydrogen (secondary N) is 2. The number of fused-ring (bicyclic) bond motifs is 1. The zero-order valence-corrected chi connectivity index (χ0v) is 18.3. The molecule has 0 aliphatic heterocycles. The maximum Gasteiger partial charge on any atom is 0.340 e. The van der Waals surface area contributed by atoms with Crippen molar-refractivity contribution in [2.24, 2.45) is 0 Å². The predicted molar refractivity (Wildman–Crippen MR) is 122 cm³/mol. The molecule has 1 aromatic carbocycles. The number of rotatable bonds is 7. The molecule has 0 saturated heterocycles. The van der Waals surface area contributed by atoms with Gasteiger partial charge in [-0.3, -0.25) is 0 Å². The molecule has 4 rings (SSSR count). The van der Waals surface area contributed by atoms with E-state index >= 15 is 0 Å². The third-order valence-corrected chi connectivity index (χ3v) is 5.36. The standard InChI is InChI=1S/C21H18ClN5O3S/c1-12-14-10-16(22)18(30-21-25-5-3-6-26-21)11-17(14)29-20(28)15(12)8-13-4-7-24-19(9-13)27-31-23-2/h3-7,9-11,23H,8H2,1-2H3,(H,24,27). The van der Waals surface area contributed by atoms with Crippen molar-refractivity contribution in [3.63, 3.8) is 0 Å². The average molecular weight is 456 g/mol. The van der Waals surface area contributed by atoms with Crippen molar-refractivity contribution in [3.8, 4) is 11.8 Å². The number of hydrogen-bond donors (Lipinski definition) is 2. The van der Waals surface area contributed by atoms with Crippen LogP contribution in [0.3, 0.4) is 0 Å². The van der Waals surface area contributed by atoms with Crippen molar-refractivity contribution in [2.75, 3.05) is 11.8 Å². The van der Waals surface area contributed by atoms with E-state index in [1.54, 1.807) is 43.8 Å². The number of anilines is 1. The van der Waals surface area contributed by atoms with Crippen LogP contribution in [0.1, 0.15) is 16.7 Å². The SMILES string of the molecule is CNSNc1cc(Cc2c(C)c3cc(Cl)c(Oc4ncccn4)cc3oc2=O)ccn1. The number of ether oxygens (including phenoxy) is 1. The number of aromatic nitrogens is 3. The topological polar surface area (TPSA) is 102 Å². The summed E-state index contributed by atoms with van der Waals surface area (Å²) in [6.07, 6.45) is 5.22. The molecule has 31 heavy (non-hydrogen) atoms. The van der Waals surface area contributed by atoms with Gasteiger partial charge in [0.2, 0.25) is 0 Å². The van der Waals surface area contributed by atoms with Gasteiger partial charge < -0.3 is 13.9 Å². The number of nitrogens with zero attached hydrogens (tertiary/aromatic N) is 3. The maximum absolute atomic E-state index is 12.8. The summed E-state index contributed by atoms with van der Waals surface area (Å²) in [5, 5.41) is 1.10. The second-order valence-corrected chi connectivity index (χ2v) is 7.76. The third kappa shape index (κ3) is 4.79. The molecule has 4 aromatic rings. The van der Waals surface area contributed by atoms with E-state index < -0.39 is 5.63 Å². The van der Waals surface area contributed by atoms with Crippen molar-refractivity contribution in [1.29, 1.82) is 0 Å². The van der Waals surface area contributed by atoms with E-state index in [0.29, 0.717) is 34.2 Å². The van der Waals surface area contributed by atoms with Gasteiger partial charge in [0.1, 0.15) is 11.4 Å². The number of aryl methyl sites for hydroxylation is 1. The van der Waals surface area contributed by atoms with Crippen molar-refractivity contribution >= 4 is 40.5 Å². The quantitative estimate of drug-likeness (QED) is 0.307. The number of pyridine rings is 1. The van der Waals surface area contributed by atoms with Crippen LogP contribution in [-0.4, -0.2) is 22.0 Å². The van der Waals surface area contributed by atoms with Crippen LogP contribution < -0.4 is 19.8 Å². The second kappa shape index (κ2) is 9.34. The van der Waals surface area contributed by atoms with Gasteiger partial charge in [0.15, 0.2) is 5.75 Å². The molecule has 8 nitrogen and oxygen atoms in total. The fraction of sp³-hybridized carbons (Fsp3) is 0.143. The highest BCUT2D eigenvalue weighted by molar-refractivity contribution is 7.98. The Morgan fingerprint density at radius 2 is 1.97 bits per heavy atom. The minimum Gasteiger partial charge on any atom is -0.423 e. The lowest BCUT2D eigenvalue weighted by atomic mass is 10.00. The van der Waals surface area contributed by atoms with Gasteiger partial charge in [0.05, 0.1) is 5.02 Å². The molecule has 0 unspecified atom stereocenters. The van der Waals surface area contributed by atoms with Crippen molar-refractivity contribution < 1.29 is 9.15 Å². The van der Waals surface area contributed by atoms with Crippen LogP contribution in [-0.2, 0) is 6.42 Å². The summed E-state index contributed by atoms with van der Waals surface area (Å²) in [6.45, 7) is 1.88. The lowest BCUT2D eigenvalue weighted by molar-refractivity contribution is 0.441. The minimum atomic E-state index is -0.412. The third-order valence-electron chi connectivity index (χ3n) is 4.55. The molecule has 0 aliphatic carbocycles. The number of benzene rings is 1. The fourth-order valence-corrected chi connectivity index (χ4v) is 3.58. The first-order valence-corrected chi connectivity index (χ1v) is 10.5. The van der Waals surface area contributed by atoms with Crippen LogP contribution in [0.15, 0.2) is 58.1 Å². The maximum atomic E-state index is 12.8. The molecule has 158 valence electrons. The van der Waals surface area contributed by atoms with Crippen molar-refractivity contribution in [1.82, 2.24) is 19.7 Å². The Hall–Kier alpha value is -3.14. The molecule has 3 heterocycles. The van der Waals surface area contributed by atoms with Crippen molar-refractivity contribution in [3.05, 3.63) is 81.1 Å². The number of halogens is 1. The Kier molecular flexibility index (Phi) is 6.36. The Bertz CT molecular complexity index is 1280. The Balaban J connectivity index is 1.68. The summed E-state index contributed by atoms with van der Waals surface area (Å²) in [5.41, 5.74) is 2.25. The molecule has 0 amide bonds. The Morgan fingerprint density at radius 1 is 1.16 bits per heavy atom. The van der Waals surface area contributed by atoms with Gasteiger partial charge >= 0.3 is 11.6 Å². The molecule has 0 spiro atoms. The molecule has 0 bridgehead atoms. The van der Waals surface area contributed by atoms with Crippen LogP contribution in [0.2, 0.25) is 5.02 Å². The van der Waals surface area contributed by atoms with Gasteiger partial charge in [-0.1, -0.05) is 11.6 Å². The van der Waals surface area contributed by atoms with Gasteiger partial charge in [-0.05, 0) is 49.4 Å². The van der Waals surface area contributed by atoms with Gasteiger partial charge in [0, 0.05) is 54.2 Å². The zero-order valence-electron chi connectivity index (χ0n) is 16.7. The molecule has 0 aliphatic rings.